The van der Waals surface area contributed by atoms with Crippen molar-refractivity contribution in [2.75, 3.05) is 14.2 Å². The van der Waals surface area contributed by atoms with E-state index in [4.69, 9.17) is 5.11 Å². The molecule has 0 radical (unpaired) electrons. The van der Waals surface area contributed by atoms with E-state index in [0.717, 1.165) is 7.11 Å². The van der Waals surface area contributed by atoms with E-state index in [-0.39, 0.29) is 0 Å². The highest BCUT2D eigenvalue weighted by molar-refractivity contribution is 3.54. The van der Waals surface area contributed by atoms with Gasteiger partial charge in [-0.3, -0.25) is 0 Å². The van der Waals surface area contributed by atoms with Crippen LogP contribution in [0.15, 0.2) is 0 Å². The van der Waals surface area contributed by atoms with Gasteiger partial charge in [0.05, 0.1) is 0 Å². The Bertz CT molecular complexity index is 9.22. The van der Waals surface area contributed by atoms with Crippen LogP contribution in [0.25, 0.3) is 0 Å². The molecule has 0 spiro atoms. The zero-order valence-corrected chi connectivity index (χ0v) is 9.02. The van der Waals surface area contributed by atoms with Gasteiger partial charge >= 0.3 is 0 Å². The molecule has 0 aliphatic rings. The molecular formula is C8H27NO. The molecule has 0 unspecified atom stereocenters. The second-order valence-electron chi connectivity index (χ2n) is 0. The second kappa shape index (κ2) is 87400. The van der Waals surface area contributed by atoms with E-state index in [9.17, 15) is 0 Å². The lowest BCUT2D eigenvalue weighted by molar-refractivity contribution is 0.399. The quantitative estimate of drug-likeness (QED) is 0.561. The van der Waals surface area contributed by atoms with Crippen molar-refractivity contribution in [3.63, 3.8) is 0 Å². The van der Waals surface area contributed by atoms with Crippen LogP contribution in [0.2, 0.25) is 0 Å². The molecule has 3 N–H and O–H groups in total. The van der Waals surface area contributed by atoms with Gasteiger partial charge in [-0.2, -0.15) is 0 Å². The standard InChI is InChI=1S/3C2H6.CH5N.CH4O/c5*1-2/h3*1-2H3;2H2,1H3;2H,1H3. The van der Waals surface area contributed by atoms with E-state index in [1.807, 2.05) is 41.5 Å². The fraction of sp³-hybridized carbons (Fsp3) is 1.00. The normalized spacial score (nSPS) is 3.00. The molecule has 0 heterocycles. The van der Waals surface area contributed by atoms with Gasteiger partial charge in [-0.15, -0.1) is 0 Å². The molecule has 0 aromatic rings. The van der Waals surface area contributed by atoms with Crippen LogP contribution in [-0.2, 0) is 0 Å². The number of nitrogens with two attached hydrogens (primary N) is 1. The maximum atomic E-state index is 7.00. The molecule has 0 atom stereocenters. The first kappa shape index (κ1) is 32.6. The minimum absolute atomic E-state index is 1.00. The molecule has 0 bridgehead atoms. The van der Waals surface area contributed by atoms with Gasteiger partial charge in [0.1, 0.15) is 0 Å². The third-order valence-corrected chi connectivity index (χ3v) is 0. The largest absolute Gasteiger partial charge is 0.400 e. The van der Waals surface area contributed by atoms with Crippen molar-refractivity contribution < 1.29 is 5.11 Å². The van der Waals surface area contributed by atoms with E-state index in [1.54, 1.807) is 0 Å². The SMILES string of the molecule is CC.CC.CC.CN.CO. The molecule has 0 aliphatic heterocycles. The molecule has 0 aliphatic carbocycles. The summed E-state index contributed by atoms with van der Waals surface area (Å²) in [5, 5.41) is 7.00. The van der Waals surface area contributed by atoms with E-state index < -0.39 is 0 Å². The number of rotatable bonds is 0. The summed E-state index contributed by atoms with van der Waals surface area (Å²) in [5.41, 5.74) is 4.50. The van der Waals surface area contributed by atoms with Crippen molar-refractivity contribution in [1.29, 1.82) is 0 Å². The molecule has 0 aromatic heterocycles. The molecule has 0 saturated heterocycles. The Kier molecular flexibility index (Phi) is 285000. The molecule has 70 valence electrons. The average Bonchev–Trinajstić information content (AvgIpc) is 2.20. The highest BCUT2D eigenvalue weighted by atomic mass is 16.2. The number of hydrogen-bond acceptors (Lipinski definition) is 2. The van der Waals surface area contributed by atoms with Crippen LogP contribution in [0.5, 0.6) is 0 Å². The summed E-state index contributed by atoms with van der Waals surface area (Å²) in [6.07, 6.45) is 0. The Labute approximate surface area is 67.5 Å². The van der Waals surface area contributed by atoms with Crippen molar-refractivity contribution in [1.82, 2.24) is 0 Å². The van der Waals surface area contributed by atoms with Gasteiger partial charge in [0.25, 0.3) is 0 Å². The van der Waals surface area contributed by atoms with E-state index in [0.29, 0.717) is 0 Å². The van der Waals surface area contributed by atoms with Crippen molar-refractivity contribution in [2.24, 2.45) is 5.73 Å². The predicted octanol–water partition coefficient (Wildman–Crippen LogP) is 2.26. The maximum Gasteiger partial charge on any atom is 0.0319 e. The third kappa shape index (κ3) is 59300. The van der Waals surface area contributed by atoms with E-state index in [2.05, 4.69) is 5.73 Å². The number of hydrogen-bond donors (Lipinski definition) is 2. The van der Waals surface area contributed by atoms with Gasteiger partial charge in [0, 0.05) is 7.11 Å². The van der Waals surface area contributed by atoms with E-state index in [1.165, 1.54) is 7.05 Å². The van der Waals surface area contributed by atoms with Crippen LogP contribution in [0.4, 0.5) is 0 Å². The second-order valence-corrected chi connectivity index (χ2v) is 0. The smallest absolute Gasteiger partial charge is 0.0319 e. The predicted molar refractivity (Wildman–Crippen MR) is 52.3 cm³/mol. The van der Waals surface area contributed by atoms with Gasteiger partial charge in [-0.25, -0.2) is 0 Å². The van der Waals surface area contributed by atoms with Crippen LogP contribution in [0, 0.1) is 0 Å². The molecule has 0 rings (SSSR count). The average molecular weight is 153 g/mol. The van der Waals surface area contributed by atoms with Crippen LogP contribution in [0.3, 0.4) is 0 Å². The van der Waals surface area contributed by atoms with Crippen LogP contribution >= 0.6 is 0 Å². The van der Waals surface area contributed by atoms with Crippen molar-refractivity contribution >= 4 is 0 Å². The van der Waals surface area contributed by atoms with Gasteiger partial charge in [-0.1, -0.05) is 41.5 Å². The van der Waals surface area contributed by atoms with Gasteiger partial charge in [-0.05, 0) is 7.05 Å². The Morgan fingerprint density at radius 2 is 0.600 bits per heavy atom. The Balaban J connectivity index is -0.0000000104. The summed E-state index contributed by atoms with van der Waals surface area (Å²) >= 11 is 0. The molecule has 0 amide bonds. The maximum absolute atomic E-state index is 7.00. The summed E-state index contributed by atoms with van der Waals surface area (Å²) in [7, 11) is 2.50. The minimum Gasteiger partial charge on any atom is -0.400 e. The fourth-order valence-corrected chi connectivity index (χ4v) is 0. The Morgan fingerprint density at radius 3 is 0.600 bits per heavy atom. The highest BCUT2D eigenvalue weighted by Gasteiger charge is 0.936. The molecule has 2 heteroatoms. The summed E-state index contributed by atoms with van der Waals surface area (Å²) in [6, 6.07) is 0. The van der Waals surface area contributed by atoms with Crippen molar-refractivity contribution in [3.8, 4) is 0 Å². The van der Waals surface area contributed by atoms with Crippen molar-refractivity contribution in [3.05, 3.63) is 0 Å². The number of aliphatic hydroxyl groups excluding tert-OH is 1. The third-order valence-electron chi connectivity index (χ3n) is 0. The lowest BCUT2D eigenvalue weighted by Crippen LogP contribution is -1.69. The summed E-state index contributed by atoms with van der Waals surface area (Å²) in [5.74, 6) is 0. The zero-order chi connectivity index (χ0) is 10.0. The molecule has 0 aromatic carbocycles. The Hall–Kier alpha value is -0.0800. The summed E-state index contributed by atoms with van der Waals surface area (Å²) in [4.78, 5) is 0. The molecule has 10 heavy (non-hydrogen) atoms. The van der Waals surface area contributed by atoms with Crippen LogP contribution < -0.4 is 5.73 Å². The molecule has 0 fully saturated rings. The Morgan fingerprint density at radius 1 is 0.600 bits per heavy atom. The van der Waals surface area contributed by atoms with Gasteiger partial charge in [0.15, 0.2) is 0 Å². The summed E-state index contributed by atoms with van der Waals surface area (Å²) in [6.45, 7) is 12.0. The first-order valence-electron chi connectivity index (χ1n) is 4.02. The highest BCUT2D eigenvalue weighted by Crippen LogP contribution is 1.15. The van der Waals surface area contributed by atoms with Gasteiger partial charge in [0.2, 0.25) is 0 Å². The van der Waals surface area contributed by atoms with E-state index >= 15 is 0 Å². The summed E-state index contributed by atoms with van der Waals surface area (Å²) < 4.78 is 0. The van der Waals surface area contributed by atoms with Crippen LogP contribution in [0.1, 0.15) is 41.5 Å². The van der Waals surface area contributed by atoms with Crippen LogP contribution in [-0.4, -0.2) is 19.3 Å². The first-order valence-corrected chi connectivity index (χ1v) is 4.02. The number of aliphatic hydroxyl groups is 1. The zero-order valence-electron chi connectivity index (χ0n) is 9.02. The monoisotopic (exact) mass is 153 g/mol. The first-order chi connectivity index (χ1) is 5.00. The van der Waals surface area contributed by atoms with Crippen molar-refractivity contribution in [2.45, 2.75) is 41.5 Å². The fourth-order valence-electron chi connectivity index (χ4n) is 0. The molecule has 0 saturated carbocycles. The molecular weight excluding hydrogens is 126 g/mol. The lowest BCUT2D eigenvalue weighted by Gasteiger charge is -1.21. The minimum atomic E-state index is 1.00. The molecule has 2 nitrogen and oxygen atoms in total. The topological polar surface area (TPSA) is 46.2 Å². The lowest BCUT2D eigenvalue weighted by atomic mass is 11.0. The van der Waals surface area contributed by atoms with Gasteiger partial charge < -0.3 is 10.8 Å².